The van der Waals surface area contributed by atoms with E-state index in [-0.39, 0.29) is 6.09 Å². The van der Waals surface area contributed by atoms with Crippen molar-refractivity contribution in [1.82, 2.24) is 4.90 Å². The molecule has 6 heteroatoms. The lowest BCUT2D eigenvalue weighted by Gasteiger charge is -2.40. The average Bonchev–Trinajstić information content (AvgIpc) is 2.53. The molecule has 140 valence electrons. The first-order valence-corrected chi connectivity index (χ1v) is 9.77. The van der Waals surface area contributed by atoms with Crippen LogP contribution in [0.15, 0.2) is 29.2 Å². The van der Waals surface area contributed by atoms with Crippen LogP contribution in [0.1, 0.15) is 39.2 Å². The van der Waals surface area contributed by atoms with Crippen molar-refractivity contribution in [3.05, 3.63) is 29.8 Å². The summed E-state index contributed by atoms with van der Waals surface area (Å²) in [5.74, 6) is 0. The van der Waals surface area contributed by atoms with E-state index in [1.165, 1.54) is 0 Å². The lowest BCUT2D eigenvalue weighted by molar-refractivity contribution is 0.0166. The van der Waals surface area contributed by atoms with Gasteiger partial charge in [-0.1, -0.05) is 12.1 Å². The number of carbonyl (C=O) groups is 1. The fraction of sp³-hybridized carbons (Fsp3) is 0.632. The minimum atomic E-state index is -1.19. The third kappa shape index (κ3) is 5.05. The second kappa shape index (κ2) is 7.87. The molecule has 0 aliphatic carbocycles. The highest BCUT2D eigenvalue weighted by molar-refractivity contribution is 7.86. The first kappa shape index (κ1) is 19.9. The molecule has 1 amide bonds. The van der Waals surface area contributed by atoms with Gasteiger partial charge in [-0.2, -0.15) is 0 Å². The monoisotopic (exact) mass is 367 g/mol. The number of rotatable bonds is 4. The first-order chi connectivity index (χ1) is 11.7. The Bertz CT molecular complexity index is 631. The molecule has 25 heavy (non-hydrogen) atoms. The lowest BCUT2D eigenvalue weighted by Crippen LogP contribution is -2.52. The van der Waals surface area contributed by atoms with Crippen LogP contribution in [-0.4, -0.2) is 52.4 Å². The number of likely N-dealkylation sites (tertiary alicyclic amines) is 1. The predicted molar refractivity (Wildman–Crippen MR) is 99.2 cm³/mol. The molecule has 0 radical (unpaired) electrons. The maximum Gasteiger partial charge on any atom is 0.410 e. The molecular weight excluding hydrogens is 338 g/mol. The van der Waals surface area contributed by atoms with Gasteiger partial charge in [-0.25, -0.2) is 4.79 Å². The van der Waals surface area contributed by atoms with Crippen LogP contribution in [0.4, 0.5) is 4.79 Å². The van der Waals surface area contributed by atoms with Crippen LogP contribution in [0.5, 0.6) is 0 Å². The Labute approximate surface area is 153 Å². The van der Waals surface area contributed by atoms with Crippen LogP contribution in [-0.2, 0) is 20.3 Å². The van der Waals surface area contributed by atoms with Crippen molar-refractivity contribution >= 4 is 16.9 Å². The molecule has 1 aromatic carbocycles. The van der Waals surface area contributed by atoms with Gasteiger partial charge in [-0.05, 0) is 58.2 Å². The molecule has 1 atom stereocenters. The summed E-state index contributed by atoms with van der Waals surface area (Å²) in [6, 6.07) is 7.79. The Kier molecular flexibility index (Phi) is 6.27. The lowest BCUT2D eigenvalue weighted by atomic mass is 9.97. The second-order valence-electron chi connectivity index (χ2n) is 7.67. The highest BCUT2D eigenvalue weighted by Crippen LogP contribution is 2.33. The van der Waals surface area contributed by atoms with Crippen LogP contribution in [0.3, 0.4) is 0 Å². The molecule has 0 spiro atoms. The molecule has 0 saturated carbocycles. The maximum atomic E-state index is 13.3. The largest absolute Gasteiger partial charge is 0.444 e. The zero-order chi connectivity index (χ0) is 18.7. The molecule has 5 nitrogen and oxygen atoms in total. The van der Waals surface area contributed by atoms with E-state index < -0.39 is 21.1 Å². The zero-order valence-electron chi connectivity index (χ0n) is 15.8. The van der Waals surface area contributed by atoms with Gasteiger partial charge < -0.3 is 14.4 Å². The van der Waals surface area contributed by atoms with E-state index in [1.54, 1.807) is 12.0 Å². The van der Waals surface area contributed by atoms with E-state index in [0.29, 0.717) is 32.5 Å². The van der Waals surface area contributed by atoms with Crippen LogP contribution in [0.2, 0.25) is 0 Å². The van der Waals surface area contributed by atoms with Gasteiger partial charge in [0.2, 0.25) is 0 Å². The molecule has 0 N–H and O–H groups in total. The topological polar surface area (TPSA) is 55.8 Å². The zero-order valence-corrected chi connectivity index (χ0v) is 16.6. The SMILES string of the molecule is COCC1(S(=O)c2cccc(C)c2)CCN(C(=O)OC(C)(C)C)CC1. The van der Waals surface area contributed by atoms with Crippen molar-refractivity contribution in [1.29, 1.82) is 0 Å². The number of piperidine rings is 1. The molecule has 1 aromatic rings. The van der Waals surface area contributed by atoms with Gasteiger partial charge in [-0.15, -0.1) is 0 Å². The molecule has 2 rings (SSSR count). The van der Waals surface area contributed by atoms with Gasteiger partial charge in [-0.3, -0.25) is 4.21 Å². The van der Waals surface area contributed by atoms with Crippen molar-refractivity contribution in [3.63, 3.8) is 0 Å². The number of carbonyl (C=O) groups excluding carboxylic acids is 1. The van der Waals surface area contributed by atoms with Crippen molar-refractivity contribution in [2.45, 2.75) is 55.8 Å². The molecule has 1 unspecified atom stereocenters. The molecule has 1 saturated heterocycles. The van der Waals surface area contributed by atoms with Crippen molar-refractivity contribution in [2.24, 2.45) is 0 Å². The number of hydrogen-bond donors (Lipinski definition) is 0. The van der Waals surface area contributed by atoms with E-state index in [4.69, 9.17) is 9.47 Å². The highest BCUT2D eigenvalue weighted by atomic mass is 32.2. The Morgan fingerprint density at radius 1 is 1.28 bits per heavy atom. The van der Waals surface area contributed by atoms with Gasteiger partial charge in [0.25, 0.3) is 0 Å². The first-order valence-electron chi connectivity index (χ1n) is 8.62. The van der Waals surface area contributed by atoms with Crippen LogP contribution < -0.4 is 0 Å². The van der Waals surface area contributed by atoms with E-state index in [2.05, 4.69) is 0 Å². The molecule has 1 aliphatic rings. The summed E-state index contributed by atoms with van der Waals surface area (Å²) in [5, 5.41) is 0. The summed E-state index contributed by atoms with van der Waals surface area (Å²) in [6.45, 7) is 9.03. The number of nitrogens with zero attached hydrogens (tertiary/aromatic N) is 1. The molecular formula is C19H29NO4S. The van der Waals surface area contributed by atoms with E-state index >= 15 is 0 Å². The van der Waals surface area contributed by atoms with Crippen molar-refractivity contribution in [3.8, 4) is 0 Å². The smallest absolute Gasteiger partial charge is 0.410 e. The van der Waals surface area contributed by atoms with E-state index in [1.807, 2.05) is 52.0 Å². The Morgan fingerprint density at radius 3 is 2.44 bits per heavy atom. The summed E-state index contributed by atoms with van der Waals surface area (Å²) in [7, 11) is 0.445. The number of methoxy groups -OCH3 is 1. The van der Waals surface area contributed by atoms with E-state index in [9.17, 15) is 9.00 Å². The number of hydrogen-bond acceptors (Lipinski definition) is 4. The quantitative estimate of drug-likeness (QED) is 0.817. The van der Waals surface area contributed by atoms with Crippen molar-refractivity contribution in [2.75, 3.05) is 26.8 Å². The average molecular weight is 368 g/mol. The number of aryl methyl sites for hydroxylation is 1. The van der Waals surface area contributed by atoms with Crippen LogP contribution >= 0.6 is 0 Å². The summed E-state index contributed by atoms with van der Waals surface area (Å²) in [5.41, 5.74) is 0.576. The fourth-order valence-corrected chi connectivity index (χ4v) is 4.82. The summed E-state index contributed by atoms with van der Waals surface area (Å²) < 4.78 is 23.6. The Balaban J connectivity index is 2.12. The minimum Gasteiger partial charge on any atom is -0.444 e. The normalized spacial score (nSPS) is 18.7. The minimum absolute atomic E-state index is 0.306. The predicted octanol–water partition coefficient (Wildman–Crippen LogP) is 3.52. The highest BCUT2D eigenvalue weighted by Gasteiger charge is 2.42. The number of benzene rings is 1. The third-order valence-electron chi connectivity index (χ3n) is 4.33. The second-order valence-corrected chi connectivity index (χ2v) is 9.54. The van der Waals surface area contributed by atoms with Gasteiger partial charge in [0.1, 0.15) is 5.60 Å². The van der Waals surface area contributed by atoms with Gasteiger partial charge >= 0.3 is 6.09 Å². The number of ether oxygens (including phenoxy) is 2. The summed E-state index contributed by atoms with van der Waals surface area (Å²) in [4.78, 5) is 14.8. The molecule has 0 aromatic heterocycles. The van der Waals surface area contributed by atoms with Gasteiger partial charge in [0.15, 0.2) is 0 Å². The number of amides is 1. The van der Waals surface area contributed by atoms with Crippen LogP contribution in [0.25, 0.3) is 0 Å². The van der Waals surface area contributed by atoms with Crippen molar-refractivity contribution < 1.29 is 18.5 Å². The van der Waals surface area contributed by atoms with Crippen LogP contribution in [0, 0.1) is 6.92 Å². The van der Waals surface area contributed by atoms with Gasteiger partial charge in [0.05, 0.1) is 22.2 Å². The summed E-state index contributed by atoms with van der Waals surface area (Å²) >= 11 is 0. The molecule has 1 aliphatic heterocycles. The Morgan fingerprint density at radius 2 is 1.92 bits per heavy atom. The van der Waals surface area contributed by atoms with E-state index in [0.717, 1.165) is 10.5 Å². The maximum absolute atomic E-state index is 13.3. The molecule has 1 heterocycles. The Hall–Kier alpha value is -1.40. The fourth-order valence-electron chi connectivity index (χ4n) is 3.05. The molecule has 1 fully saturated rings. The standard InChI is InChI=1S/C19H29NO4S/c1-15-7-6-8-16(13-15)25(22)19(14-23-5)9-11-20(12-10-19)17(21)24-18(2,3)4/h6-8,13H,9-12,14H2,1-5H3. The third-order valence-corrected chi connectivity index (χ3v) is 6.33. The molecule has 0 bridgehead atoms. The summed E-state index contributed by atoms with van der Waals surface area (Å²) in [6.07, 6.45) is 0.946. The van der Waals surface area contributed by atoms with Gasteiger partial charge in [0, 0.05) is 25.1 Å².